The number of ether oxygens (including phenoxy) is 1. The summed E-state index contributed by atoms with van der Waals surface area (Å²) in [5, 5.41) is 9.04. The quantitative estimate of drug-likeness (QED) is 0.589. The van der Waals surface area contributed by atoms with E-state index in [4.69, 9.17) is 10.00 Å². The number of nitrogens with zero attached hydrogens (tertiary/aromatic N) is 5. The average Bonchev–Trinajstić information content (AvgIpc) is 3.38. The van der Waals surface area contributed by atoms with E-state index >= 15 is 0 Å². The number of piperazine rings is 1. The van der Waals surface area contributed by atoms with Gasteiger partial charge in [0.15, 0.2) is 0 Å². The van der Waals surface area contributed by atoms with Crippen molar-refractivity contribution in [1.29, 1.82) is 5.26 Å². The molecule has 1 aliphatic heterocycles. The molecule has 1 saturated heterocycles. The Morgan fingerprint density at radius 2 is 1.97 bits per heavy atom. The summed E-state index contributed by atoms with van der Waals surface area (Å²) in [6.07, 6.45) is 8.77. The first kappa shape index (κ1) is 26.6. The zero-order valence-electron chi connectivity index (χ0n) is 21.2. The van der Waals surface area contributed by atoms with Crippen molar-refractivity contribution in [3.8, 4) is 6.07 Å². The minimum absolute atomic E-state index is 0.0330. The van der Waals surface area contributed by atoms with E-state index in [0.717, 1.165) is 37.9 Å². The van der Waals surface area contributed by atoms with Crippen molar-refractivity contribution in [2.75, 3.05) is 24.6 Å². The van der Waals surface area contributed by atoms with E-state index in [0.29, 0.717) is 24.2 Å². The van der Waals surface area contributed by atoms with Crippen molar-refractivity contribution in [3.63, 3.8) is 0 Å². The third-order valence-corrected chi connectivity index (χ3v) is 6.86. The molecule has 1 aliphatic carbocycles. The molecule has 1 saturated carbocycles. The first-order valence-electron chi connectivity index (χ1n) is 12.6. The molecule has 2 aromatic rings. The summed E-state index contributed by atoms with van der Waals surface area (Å²) in [5.74, 6) is 0.379. The SMILES string of the molecule is CC.CCC1CN(C(=O)COC2(c3cncc(F)c3)CCCC2)CC(C)N1c1ccc(C#N)cn1. The van der Waals surface area contributed by atoms with Gasteiger partial charge in [0.1, 0.15) is 24.3 Å². The molecule has 2 fully saturated rings. The maximum Gasteiger partial charge on any atom is 0.248 e. The van der Waals surface area contributed by atoms with Gasteiger partial charge in [0.2, 0.25) is 5.91 Å². The Balaban J connectivity index is 0.00000167. The second kappa shape index (κ2) is 12.1. The number of pyridine rings is 2. The summed E-state index contributed by atoms with van der Waals surface area (Å²) in [6, 6.07) is 7.40. The van der Waals surface area contributed by atoms with E-state index in [9.17, 15) is 9.18 Å². The number of anilines is 1. The normalized spacial score (nSPS) is 21.1. The van der Waals surface area contributed by atoms with Crippen molar-refractivity contribution in [2.45, 2.75) is 77.5 Å². The van der Waals surface area contributed by atoms with Crippen molar-refractivity contribution < 1.29 is 13.9 Å². The fraction of sp³-hybridized carbons (Fsp3) is 0.556. The van der Waals surface area contributed by atoms with Crippen LogP contribution in [0.5, 0.6) is 0 Å². The molecule has 0 spiro atoms. The van der Waals surface area contributed by atoms with Crippen LogP contribution in [0.25, 0.3) is 0 Å². The highest BCUT2D eigenvalue weighted by Crippen LogP contribution is 2.42. The Kier molecular flexibility index (Phi) is 9.16. The number of amides is 1. The van der Waals surface area contributed by atoms with E-state index in [1.807, 2.05) is 24.8 Å². The zero-order chi connectivity index (χ0) is 25.4. The van der Waals surface area contributed by atoms with E-state index in [-0.39, 0.29) is 30.4 Å². The van der Waals surface area contributed by atoms with Gasteiger partial charge in [-0.2, -0.15) is 5.26 Å². The van der Waals surface area contributed by atoms with Crippen LogP contribution in [-0.2, 0) is 15.1 Å². The first-order valence-corrected chi connectivity index (χ1v) is 12.6. The van der Waals surface area contributed by atoms with Gasteiger partial charge in [-0.05, 0) is 44.4 Å². The molecule has 7 nitrogen and oxygen atoms in total. The van der Waals surface area contributed by atoms with Crippen LogP contribution in [0, 0.1) is 17.1 Å². The molecule has 0 radical (unpaired) electrons. The number of carbonyl (C=O) groups is 1. The molecule has 3 heterocycles. The number of rotatable bonds is 6. The summed E-state index contributed by atoms with van der Waals surface area (Å²) in [5.41, 5.74) is 0.596. The number of hydrogen-bond acceptors (Lipinski definition) is 6. The lowest BCUT2D eigenvalue weighted by Gasteiger charge is -2.46. The van der Waals surface area contributed by atoms with Gasteiger partial charge in [0.25, 0.3) is 0 Å². The Hall–Kier alpha value is -3.05. The van der Waals surface area contributed by atoms with Crippen molar-refractivity contribution in [3.05, 3.63) is 53.7 Å². The average molecular weight is 482 g/mol. The summed E-state index contributed by atoms with van der Waals surface area (Å²) in [7, 11) is 0. The topological polar surface area (TPSA) is 82.4 Å². The van der Waals surface area contributed by atoms with Crippen LogP contribution in [-0.4, -0.2) is 52.6 Å². The molecule has 4 rings (SSSR count). The summed E-state index contributed by atoms with van der Waals surface area (Å²) < 4.78 is 20.0. The third kappa shape index (κ3) is 5.96. The molecular weight excluding hydrogens is 445 g/mol. The lowest BCUT2D eigenvalue weighted by molar-refractivity contribution is -0.145. The smallest absolute Gasteiger partial charge is 0.248 e. The Bertz CT molecular complexity index is 1020. The molecule has 2 atom stereocenters. The number of aromatic nitrogens is 2. The van der Waals surface area contributed by atoms with Gasteiger partial charge in [0.05, 0.1) is 17.4 Å². The molecule has 1 amide bonds. The highest BCUT2D eigenvalue weighted by Gasteiger charge is 2.39. The Morgan fingerprint density at radius 3 is 2.57 bits per heavy atom. The molecule has 2 aliphatic rings. The summed E-state index contributed by atoms with van der Waals surface area (Å²) in [6.45, 7) is 9.30. The first-order chi connectivity index (χ1) is 17.0. The van der Waals surface area contributed by atoms with Crippen molar-refractivity contribution in [2.24, 2.45) is 0 Å². The molecular formula is C27H36FN5O2. The van der Waals surface area contributed by atoms with Gasteiger partial charge in [0, 0.05) is 43.1 Å². The van der Waals surface area contributed by atoms with Crippen molar-refractivity contribution in [1.82, 2.24) is 14.9 Å². The second-order valence-corrected chi connectivity index (χ2v) is 9.02. The van der Waals surface area contributed by atoms with Gasteiger partial charge < -0.3 is 14.5 Å². The van der Waals surface area contributed by atoms with Crippen LogP contribution in [0.4, 0.5) is 10.2 Å². The molecule has 35 heavy (non-hydrogen) atoms. The molecule has 0 bridgehead atoms. The number of halogens is 1. The number of carbonyl (C=O) groups excluding carboxylic acids is 1. The predicted molar refractivity (Wildman–Crippen MR) is 133 cm³/mol. The lowest BCUT2D eigenvalue weighted by atomic mass is 9.93. The molecule has 0 aromatic carbocycles. The Labute approximate surface area is 207 Å². The lowest BCUT2D eigenvalue weighted by Crippen LogP contribution is -2.60. The van der Waals surface area contributed by atoms with Gasteiger partial charge in [-0.25, -0.2) is 9.37 Å². The van der Waals surface area contributed by atoms with Crippen LogP contribution in [0.15, 0.2) is 36.8 Å². The molecule has 0 N–H and O–H groups in total. The standard InChI is InChI=1S/C25H30FN5O2.C2H6/c1-3-22-16-30(15-18(2)31(22)23-7-6-19(11-27)12-29-23)24(32)17-33-25(8-4-5-9-25)20-10-21(26)14-28-13-20;1-2/h6-7,10,12-14,18,22H,3-5,8-9,15-17H2,1-2H3;1-2H3. The minimum Gasteiger partial charge on any atom is -0.360 e. The molecule has 8 heteroatoms. The highest BCUT2D eigenvalue weighted by molar-refractivity contribution is 5.78. The monoisotopic (exact) mass is 481 g/mol. The number of nitriles is 1. The van der Waals surface area contributed by atoms with Crippen LogP contribution in [0.2, 0.25) is 0 Å². The maximum absolute atomic E-state index is 13.8. The minimum atomic E-state index is -0.644. The Morgan fingerprint density at radius 1 is 1.23 bits per heavy atom. The van der Waals surface area contributed by atoms with Crippen LogP contribution in [0.3, 0.4) is 0 Å². The van der Waals surface area contributed by atoms with E-state index in [2.05, 4.69) is 34.8 Å². The number of hydrogen-bond donors (Lipinski definition) is 0. The van der Waals surface area contributed by atoms with Crippen LogP contribution in [0.1, 0.15) is 70.9 Å². The summed E-state index contributed by atoms with van der Waals surface area (Å²) in [4.78, 5) is 25.7. The second-order valence-electron chi connectivity index (χ2n) is 9.02. The van der Waals surface area contributed by atoms with Crippen LogP contribution < -0.4 is 4.90 Å². The van der Waals surface area contributed by atoms with Crippen LogP contribution >= 0.6 is 0 Å². The highest BCUT2D eigenvalue weighted by atomic mass is 19.1. The summed E-state index contributed by atoms with van der Waals surface area (Å²) >= 11 is 0. The van der Waals surface area contributed by atoms with E-state index in [1.165, 1.54) is 12.3 Å². The zero-order valence-corrected chi connectivity index (χ0v) is 21.2. The van der Waals surface area contributed by atoms with E-state index < -0.39 is 5.60 Å². The largest absolute Gasteiger partial charge is 0.360 e. The van der Waals surface area contributed by atoms with E-state index in [1.54, 1.807) is 18.5 Å². The molecule has 2 unspecified atom stereocenters. The van der Waals surface area contributed by atoms with Gasteiger partial charge in [-0.1, -0.05) is 33.6 Å². The van der Waals surface area contributed by atoms with Gasteiger partial charge in [-0.15, -0.1) is 0 Å². The maximum atomic E-state index is 13.8. The van der Waals surface area contributed by atoms with Gasteiger partial charge in [-0.3, -0.25) is 9.78 Å². The third-order valence-electron chi connectivity index (χ3n) is 6.86. The predicted octanol–water partition coefficient (Wildman–Crippen LogP) is 4.82. The van der Waals surface area contributed by atoms with Crippen molar-refractivity contribution >= 4 is 11.7 Å². The fourth-order valence-electron chi connectivity index (χ4n) is 5.15. The molecule has 2 aromatic heterocycles. The fourth-order valence-corrected chi connectivity index (χ4v) is 5.15. The molecule has 188 valence electrons. The van der Waals surface area contributed by atoms with Gasteiger partial charge >= 0.3 is 0 Å².